The summed E-state index contributed by atoms with van der Waals surface area (Å²) in [5, 5.41) is 0.940. The van der Waals surface area contributed by atoms with Crippen molar-refractivity contribution in [3.05, 3.63) is 75.1 Å². The zero-order valence-electron chi connectivity index (χ0n) is 17.1. The number of rotatable bonds is 4. The summed E-state index contributed by atoms with van der Waals surface area (Å²) in [5.74, 6) is 1.20. The van der Waals surface area contributed by atoms with E-state index in [0.29, 0.717) is 18.1 Å². The summed E-state index contributed by atoms with van der Waals surface area (Å²) in [7, 11) is 0. The third-order valence-corrected chi connectivity index (χ3v) is 4.95. The van der Waals surface area contributed by atoms with Gasteiger partial charge in [-0.15, -0.1) is 0 Å². The molecular weight excluding hydrogens is 336 g/mol. The molecular formula is C24H28O3. The third kappa shape index (κ3) is 4.24. The van der Waals surface area contributed by atoms with Gasteiger partial charge in [0.1, 0.15) is 17.9 Å². The van der Waals surface area contributed by atoms with E-state index < -0.39 is 0 Å². The Balaban J connectivity index is 1.92. The average molecular weight is 364 g/mol. The molecule has 3 heteroatoms. The molecule has 3 nitrogen and oxygen atoms in total. The van der Waals surface area contributed by atoms with Gasteiger partial charge in [-0.3, -0.25) is 0 Å². The molecule has 0 aliphatic rings. The molecule has 0 spiro atoms. The number of hydrogen-bond donors (Lipinski definition) is 0. The van der Waals surface area contributed by atoms with Crippen molar-refractivity contribution in [1.29, 1.82) is 0 Å². The lowest BCUT2D eigenvalue weighted by molar-refractivity contribution is 0.306. The maximum Gasteiger partial charge on any atom is 0.336 e. The minimum absolute atomic E-state index is 0.109. The molecule has 0 N–H and O–H groups in total. The van der Waals surface area contributed by atoms with Crippen molar-refractivity contribution in [1.82, 2.24) is 0 Å². The fourth-order valence-corrected chi connectivity index (χ4v) is 3.35. The second-order valence-electron chi connectivity index (χ2n) is 8.51. The molecule has 1 heterocycles. The zero-order chi connectivity index (χ0) is 19.8. The van der Waals surface area contributed by atoms with E-state index in [1.807, 2.05) is 18.2 Å². The van der Waals surface area contributed by atoms with Gasteiger partial charge in [-0.1, -0.05) is 46.8 Å². The molecule has 27 heavy (non-hydrogen) atoms. The molecule has 0 radical (unpaired) electrons. The number of fused-ring (bicyclic) bond motifs is 1. The standard InChI is InChI=1S/C24H28O3/c1-15(2)20-13-21-17(12-23(25)27-22(21)11-16(20)3)14-26-19-9-7-18(8-10-19)24(4,5)6/h7-13,15H,14H2,1-6H3. The van der Waals surface area contributed by atoms with Gasteiger partial charge in [0.25, 0.3) is 0 Å². The third-order valence-electron chi connectivity index (χ3n) is 4.95. The fraction of sp³-hybridized carbons (Fsp3) is 0.375. The van der Waals surface area contributed by atoms with Crippen LogP contribution in [-0.4, -0.2) is 0 Å². The Morgan fingerprint density at radius 2 is 1.70 bits per heavy atom. The topological polar surface area (TPSA) is 39.4 Å². The monoisotopic (exact) mass is 364 g/mol. The minimum Gasteiger partial charge on any atom is -0.489 e. The first kappa shape index (κ1) is 19.2. The van der Waals surface area contributed by atoms with Crippen LogP contribution < -0.4 is 10.4 Å². The predicted octanol–water partition coefficient (Wildman–Crippen LogP) is 6.10. The lowest BCUT2D eigenvalue weighted by Gasteiger charge is -2.19. The van der Waals surface area contributed by atoms with E-state index in [0.717, 1.165) is 22.3 Å². The van der Waals surface area contributed by atoms with Crippen molar-refractivity contribution in [2.24, 2.45) is 0 Å². The van der Waals surface area contributed by atoms with Crippen molar-refractivity contribution in [2.45, 2.75) is 59.5 Å². The molecule has 2 aromatic carbocycles. The normalized spacial score (nSPS) is 12.0. The highest BCUT2D eigenvalue weighted by Crippen LogP contribution is 2.28. The van der Waals surface area contributed by atoms with Crippen LogP contribution in [0.2, 0.25) is 0 Å². The van der Waals surface area contributed by atoms with Gasteiger partial charge in [0.05, 0.1) is 0 Å². The SMILES string of the molecule is Cc1cc2oc(=O)cc(COc3ccc(C(C)(C)C)cc3)c2cc1C(C)C. The second kappa shape index (κ2) is 7.22. The molecule has 142 valence electrons. The summed E-state index contributed by atoms with van der Waals surface area (Å²) >= 11 is 0. The molecule has 0 atom stereocenters. The molecule has 0 amide bonds. The summed E-state index contributed by atoms with van der Waals surface area (Å²) in [6, 6.07) is 13.8. The van der Waals surface area contributed by atoms with Crippen LogP contribution in [-0.2, 0) is 12.0 Å². The first-order valence-electron chi connectivity index (χ1n) is 9.46. The smallest absolute Gasteiger partial charge is 0.336 e. The zero-order valence-corrected chi connectivity index (χ0v) is 17.1. The number of ether oxygens (including phenoxy) is 1. The van der Waals surface area contributed by atoms with E-state index in [1.54, 1.807) is 0 Å². The average Bonchev–Trinajstić information content (AvgIpc) is 2.58. The Labute approximate surface area is 161 Å². The predicted molar refractivity (Wildman–Crippen MR) is 111 cm³/mol. The van der Waals surface area contributed by atoms with Gasteiger partial charge in [-0.25, -0.2) is 4.79 Å². The van der Waals surface area contributed by atoms with Crippen LogP contribution in [0.15, 0.2) is 51.7 Å². The van der Waals surface area contributed by atoms with E-state index >= 15 is 0 Å². The van der Waals surface area contributed by atoms with Crippen LogP contribution in [0.25, 0.3) is 11.0 Å². The van der Waals surface area contributed by atoms with Crippen LogP contribution in [0.3, 0.4) is 0 Å². The Hall–Kier alpha value is -2.55. The summed E-state index contributed by atoms with van der Waals surface area (Å²) in [4.78, 5) is 12.0. The van der Waals surface area contributed by atoms with Gasteiger partial charge < -0.3 is 9.15 Å². The Morgan fingerprint density at radius 1 is 1.04 bits per heavy atom. The van der Waals surface area contributed by atoms with Crippen LogP contribution in [0.1, 0.15) is 62.8 Å². The van der Waals surface area contributed by atoms with Gasteiger partial charge in [0, 0.05) is 17.0 Å². The van der Waals surface area contributed by atoms with Crippen molar-refractivity contribution >= 4 is 11.0 Å². The number of hydrogen-bond acceptors (Lipinski definition) is 3. The summed E-state index contributed by atoms with van der Waals surface area (Å²) < 4.78 is 11.4. The van der Waals surface area contributed by atoms with Gasteiger partial charge in [0.2, 0.25) is 0 Å². The van der Waals surface area contributed by atoms with Crippen molar-refractivity contribution < 1.29 is 9.15 Å². The molecule has 3 aromatic rings. The molecule has 0 unspecified atom stereocenters. The quantitative estimate of drug-likeness (QED) is 0.525. The fourth-order valence-electron chi connectivity index (χ4n) is 3.35. The van der Waals surface area contributed by atoms with E-state index in [-0.39, 0.29) is 11.0 Å². The molecule has 0 aliphatic heterocycles. The summed E-state index contributed by atoms with van der Waals surface area (Å²) in [6.07, 6.45) is 0. The lowest BCUT2D eigenvalue weighted by atomic mass is 9.87. The molecule has 1 aromatic heterocycles. The van der Waals surface area contributed by atoms with E-state index in [1.165, 1.54) is 17.2 Å². The van der Waals surface area contributed by atoms with Crippen LogP contribution in [0.5, 0.6) is 5.75 Å². The summed E-state index contributed by atoms with van der Waals surface area (Å²) in [6.45, 7) is 13.3. The number of benzene rings is 2. The first-order valence-corrected chi connectivity index (χ1v) is 9.46. The lowest BCUT2D eigenvalue weighted by Crippen LogP contribution is -2.10. The van der Waals surface area contributed by atoms with Crippen LogP contribution in [0.4, 0.5) is 0 Å². The molecule has 3 rings (SSSR count). The Bertz CT molecular complexity index is 1000. The van der Waals surface area contributed by atoms with Crippen LogP contribution >= 0.6 is 0 Å². The van der Waals surface area contributed by atoms with Gasteiger partial charge in [-0.05, 0) is 59.2 Å². The van der Waals surface area contributed by atoms with E-state index in [9.17, 15) is 4.79 Å². The minimum atomic E-state index is -0.346. The van der Waals surface area contributed by atoms with Crippen molar-refractivity contribution in [3.8, 4) is 5.75 Å². The van der Waals surface area contributed by atoms with E-state index in [2.05, 4.69) is 59.7 Å². The highest BCUT2D eigenvalue weighted by molar-refractivity contribution is 5.82. The molecule has 0 saturated heterocycles. The maximum absolute atomic E-state index is 12.0. The molecule has 0 saturated carbocycles. The summed E-state index contributed by atoms with van der Waals surface area (Å²) in [5.41, 5.74) is 4.88. The Kier molecular flexibility index (Phi) is 5.14. The second-order valence-corrected chi connectivity index (χ2v) is 8.51. The Morgan fingerprint density at radius 3 is 2.30 bits per heavy atom. The highest BCUT2D eigenvalue weighted by atomic mass is 16.5. The van der Waals surface area contributed by atoms with Crippen molar-refractivity contribution in [2.75, 3.05) is 0 Å². The van der Waals surface area contributed by atoms with Crippen LogP contribution in [0, 0.1) is 6.92 Å². The first-order chi connectivity index (χ1) is 12.6. The van der Waals surface area contributed by atoms with Gasteiger partial charge in [0.15, 0.2) is 0 Å². The largest absolute Gasteiger partial charge is 0.489 e. The van der Waals surface area contributed by atoms with Gasteiger partial charge >= 0.3 is 5.63 Å². The number of aryl methyl sites for hydroxylation is 1. The molecule has 0 bridgehead atoms. The van der Waals surface area contributed by atoms with Crippen molar-refractivity contribution in [3.63, 3.8) is 0 Å². The van der Waals surface area contributed by atoms with Gasteiger partial charge in [-0.2, -0.15) is 0 Å². The highest BCUT2D eigenvalue weighted by Gasteiger charge is 2.14. The molecule has 0 aliphatic carbocycles. The molecule has 0 fully saturated rings. The van der Waals surface area contributed by atoms with E-state index in [4.69, 9.17) is 9.15 Å². The maximum atomic E-state index is 12.0.